The van der Waals surface area contributed by atoms with Crippen molar-refractivity contribution in [3.8, 4) is 0 Å². The molecule has 0 heterocycles. The number of nitrogens with zero attached hydrogens (tertiary/aromatic N) is 1. The van der Waals surface area contributed by atoms with Crippen LogP contribution < -0.4 is 59.7 Å². The second-order valence-corrected chi connectivity index (χ2v) is 16.6. The molecular weight excluding hydrogens is 905 g/mol. The largest absolute Gasteiger partial charge is 0.480 e. The van der Waals surface area contributed by atoms with Crippen LogP contribution in [0.5, 0.6) is 0 Å². The van der Waals surface area contributed by atoms with Gasteiger partial charge in [-0.25, -0.2) is 4.79 Å². The summed E-state index contributed by atoms with van der Waals surface area (Å²) in [6.45, 7) is 6.11. The molecule has 1 aromatic carbocycles. The van der Waals surface area contributed by atoms with Gasteiger partial charge in [-0.2, -0.15) is 37.9 Å². The van der Waals surface area contributed by atoms with E-state index in [2.05, 4.69) is 85.4 Å². The number of carbonyl (C=O) groups is 9. The number of nitrogens with two attached hydrogens (primary N) is 3. The van der Waals surface area contributed by atoms with Crippen LogP contribution in [-0.2, 0) is 49.6 Å². The molecule has 8 amide bonds. The number of aliphatic imine (C=N–C) groups is 1. The van der Waals surface area contributed by atoms with Gasteiger partial charge in [0.2, 0.25) is 47.3 Å². The summed E-state index contributed by atoms with van der Waals surface area (Å²) in [6.07, 6.45) is 1.21. The highest BCUT2D eigenvalue weighted by Crippen LogP contribution is 2.11. The molecule has 0 aliphatic rings. The van der Waals surface area contributed by atoms with Crippen molar-refractivity contribution < 1.29 is 48.3 Å². The first-order chi connectivity index (χ1) is 30.7. The molecule has 0 aromatic heterocycles. The van der Waals surface area contributed by atoms with Crippen LogP contribution in [0.25, 0.3) is 0 Å². The van der Waals surface area contributed by atoms with Crippen LogP contribution in [0.3, 0.4) is 0 Å². The quantitative estimate of drug-likeness (QED) is 0.0156. The van der Waals surface area contributed by atoms with Gasteiger partial charge in [-0.3, -0.25) is 43.3 Å². The van der Waals surface area contributed by atoms with Gasteiger partial charge in [-0.05, 0) is 36.7 Å². The highest BCUT2D eigenvalue weighted by Gasteiger charge is 2.33. The standard InChI is InChI=1S/C40H66N12O10S3/c1-5-22(4)32(52-37(59)28(19-64)49-33(55)24(41)12-9-13-44-40(42)43)38(60)50-27(18-63)35(57)46-17-30(53)47-25(14-21(2)3)34(56)45-16-31(54)48-26(15-23-10-7-6-8-11-23)36(58)51-29(20-65)39(61)62/h6-8,10-11,21-22,24-29,32,63-65H,5,9,12-20,41H2,1-4H3,(H,45,56)(H,46,57)(H,47,53)(H,48,54)(H,49,55)(H,50,60)(H,51,58)(H,52,59)(H,61,62)(H4,42,43,44)/t22-,24-,25-,26-,27-,28-,29-,32-/m0/s1. The van der Waals surface area contributed by atoms with E-state index in [0.717, 1.165) is 0 Å². The third-order valence-electron chi connectivity index (χ3n) is 9.67. The number of nitrogens with one attached hydrogen (secondary N) is 8. The Labute approximate surface area is 395 Å². The Morgan fingerprint density at radius 3 is 1.65 bits per heavy atom. The number of carbonyl (C=O) groups excluding carboxylic acids is 8. The molecule has 8 atom stereocenters. The minimum atomic E-state index is -1.32. The summed E-state index contributed by atoms with van der Waals surface area (Å²) < 4.78 is 0. The SMILES string of the molecule is CC[C@H](C)[C@H](NC(=O)[C@H](CS)NC(=O)[C@@H](N)CCCN=C(N)N)C(=O)N[C@@H](CS)C(=O)NCC(=O)N[C@@H](CC(C)C)C(=O)NCC(=O)N[C@@H](Cc1ccccc1)C(=O)N[C@@H](CS)C(=O)O. The van der Waals surface area contributed by atoms with Gasteiger partial charge in [0.25, 0.3) is 0 Å². The van der Waals surface area contributed by atoms with Crippen molar-refractivity contribution in [2.24, 2.45) is 34.0 Å². The molecule has 1 rings (SSSR count). The fourth-order valence-corrected chi connectivity index (χ4v) is 6.59. The van der Waals surface area contributed by atoms with Crippen LogP contribution in [0.2, 0.25) is 0 Å². The molecule has 0 spiro atoms. The predicted molar refractivity (Wildman–Crippen MR) is 254 cm³/mol. The molecule has 0 aliphatic heterocycles. The maximum absolute atomic E-state index is 13.5. The Morgan fingerprint density at radius 1 is 0.646 bits per heavy atom. The Bertz CT molecular complexity index is 1790. The summed E-state index contributed by atoms with van der Waals surface area (Å²) in [5, 5.41) is 29.3. The minimum absolute atomic E-state index is 0.00909. The lowest BCUT2D eigenvalue weighted by Crippen LogP contribution is -2.60. The van der Waals surface area contributed by atoms with Crippen molar-refractivity contribution >= 4 is 97.1 Å². The van der Waals surface area contributed by atoms with Gasteiger partial charge in [0.15, 0.2) is 5.96 Å². The van der Waals surface area contributed by atoms with Crippen molar-refractivity contribution in [2.75, 3.05) is 36.9 Å². The number of rotatable bonds is 30. The summed E-state index contributed by atoms with van der Waals surface area (Å²) in [6, 6.07) is 0.403. The lowest BCUT2D eigenvalue weighted by Gasteiger charge is -2.28. The molecule has 22 nitrogen and oxygen atoms in total. The van der Waals surface area contributed by atoms with E-state index in [0.29, 0.717) is 18.4 Å². The number of carboxylic acids is 1. The van der Waals surface area contributed by atoms with E-state index in [1.165, 1.54) is 0 Å². The molecule has 0 saturated heterocycles. The normalized spacial score (nSPS) is 14.6. The average Bonchev–Trinajstić information content (AvgIpc) is 3.26. The first-order valence-corrected chi connectivity index (χ1v) is 22.8. The third kappa shape index (κ3) is 22.5. The minimum Gasteiger partial charge on any atom is -0.480 e. The molecular formula is C40H66N12O10S3. The van der Waals surface area contributed by atoms with Crippen LogP contribution in [0.15, 0.2) is 35.3 Å². The van der Waals surface area contributed by atoms with E-state index in [4.69, 9.17) is 17.2 Å². The van der Waals surface area contributed by atoms with Gasteiger partial charge in [0.1, 0.15) is 36.3 Å². The maximum Gasteiger partial charge on any atom is 0.327 e. The number of amides is 8. The lowest BCUT2D eigenvalue weighted by atomic mass is 9.97. The molecule has 1 aromatic rings. The smallest absolute Gasteiger partial charge is 0.327 e. The monoisotopic (exact) mass is 970 g/mol. The van der Waals surface area contributed by atoms with Gasteiger partial charge in [-0.15, -0.1) is 0 Å². The molecule has 25 heteroatoms. The zero-order valence-electron chi connectivity index (χ0n) is 37.0. The fraction of sp³-hybridized carbons (Fsp3) is 0.600. The Hall–Kier alpha value is -5.27. The molecule has 364 valence electrons. The summed E-state index contributed by atoms with van der Waals surface area (Å²) >= 11 is 12.3. The van der Waals surface area contributed by atoms with Crippen molar-refractivity contribution in [1.29, 1.82) is 0 Å². The predicted octanol–water partition coefficient (Wildman–Crippen LogP) is -3.28. The number of guanidine groups is 1. The van der Waals surface area contributed by atoms with Gasteiger partial charge in [-0.1, -0.05) is 64.4 Å². The van der Waals surface area contributed by atoms with E-state index in [-0.39, 0.29) is 54.9 Å². The van der Waals surface area contributed by atoms with Crippen molar-refractivity contribution in [3.63, 3.8) is 0 Å². The second kappa shape index (κ2) is 30.8. The summed E-state index contributed by atoms with van der Waals surface area (Å²) in [7, 11) is 0. The number of benzene rings is 1. The van der Waals surface area contributed by atoms with Crippen LogP contribution in [0, 0.1) is 11.8 Å². The van der Waals surface area contributed by atoms with E-state index in [9.17, 15) is 48.3 Å². The highest BCUT2D eigenvalue weighted by molar-refractivity contribution is 7.80. The topological polar surface area (TPSA) is 361 Å². The second-order valence-electron chi connectivity index (χ2n) is 15.5. The third-order valence-corrected chi connectivity index (χ3v) is 10.8. The Morgan fingerprint density at radius 2 is 1.14 bits per heavy atom. The molecule has 0 radical (unpaired) electrons. The van der Waals surface area contributed by atoms with Gasteiger partial charge in [0.05, 0.1) is 19.1 Å². The van der Waals surface area contributed by atoms with E-state index in [1.54, 1.807) is 58.0 Å². The van der Waals surface area contributed by atoms with Crippen LogP contribution in [-0.4, -0.2) is 143 Å². The first kappa shape index (κ1) is 57.7. The average molecular weight is 971 g/mol. The van der Waals surface area contributed by atoms with Crippen LogP contribution in [0.1, 0.15) is 58.9 Å². The van der Waals surface area contributed by atoms with E-state index >= 15 is 0 Å². The van der Waals surface area contributed by atoms with Gasteiger partial charge >= 0.3 is 5.97 Å². The number of carboxylic acid groups (broad SMARTS) is 1. The highest BCUT2D eigenvalue weighted by atomic mass is 32.1. The summed E-state index contributed by atoms with van der Waals surface area (Å²) in [5.74, 6) is -8.45. The summed E-state index contributed by atoms with van der Waals surface area (Å²) in [5.41, 5.74) is 17.2. The summed E-state index contributed by atoms with van der Waals surface area (Å²) in [4.78, 5) is 120. The van der Waals surface area contributed by atoms with Crippen LogP contribution >= 0.6 is 37.9 Å². The van der Waals surface area contributed by atoms with Crippen LogP contribution in [0.4, 0.5) is 0 Å². The number of hydrogen-bond acceptors (Lipinski definition) is 14. The zero-order chi connectivity index (χ0) is 49.2. The number of hydrogen-bond donors (Lipinski definition) is 15. The molecule has 0 saturated carbocycles. The molecule has 0 fully saturated rings. The van der Waals surface area contributed by atoms with Crippen molar-refractivity contribution in [3.05, 3.63) is 35.9 Å². The van der Waals surface area contributed by atoms with Gasteiger partial charge < -0.3 is 64.8 Å². The molecule has 0 unspecified atom stereocenters. The molecule has 0 bridgehead atoms. The van der Waals surface area contributed by atoms with Crippen molar-refractivity contribution in [1.82, 2.24) is 42.5 Å². The first-order valence-electron chi connectivity index (χ1n) is 20.9. The zero-order valence-corrected chi connectivity index (χ0v) is 39.7. The lowest BCUT2D eigenvalue weighted by molar-refractivity contribution is -0.141. The fourth-order valence-electron chi connectivity index (χ4n) is 5.83. The Kier molecular flexibility index (Phi) is 27.4. The number of thiol groups is 3. The molecule has 0 aliphatic carbocycles. The van der Waals surface area contributed by atoms with Gasteiger partial charge in [0, 0.05) is 30.2 Å². The van der Waals surface area contributed by atoms with Crippen molar-refractivity contribution in [2.45, 2.75) is 102 Å². The Balaban J connectivity index is 2.91. The molecule has 65 heavy (non-hydrogen) atoms. The van der Waals surface area contributed by atoms with E-state index < -0.39 is 115 Å². The molecule has 15 N–H and O–H groups in total. The van der Waals surface area contributed by atoms with E-state index in [1.807, 2.05) is 0 Å². The number of aliphatic carboxylic acids is 1. The maximum atomic E-state index is 13.5.